The van der Waals surface area contributed by atoms with Gasteiger partial charge in [-0.3, -0.25) is 4.79 Å². The van der Waals surface area contributed by atoms with E-state index in [0.29, 0.717) is 12.2 Å². The molecule has 1 rings (SSSR count). The van der Waals surface area contributed by atoms with E-state index in [-0.39, 0.29) is 17.9 Å². The number of carbonyl (C=O) groups is 2. The molecule has 0 radical (unpaired) electrons. The Balaban J connectivity index is 2.59. The molecule has 116 valence electrons. The summed E-state index contributed by atoms with van der Waals surface area (Å²) in [5.74, 6) is -2.60. The second-order valence-corrected chi connectivity index (χ2v) is 6.44. The van der Waals surface area contributed by atoms with Gasteiger partial charge in [0.1, 0.15) is 5.75 Å². The lowest BCUT2D eigenvalue weighted by atomic mass is 10.1. The predicted octanol–water partition coefficient (Wildman–Crippen LogP) is 0.0622. The zero-order valence-electron chi connectivity index (χ0n) is 11.5. The third kappa shape index (κ3) is 6.37. The Bertz CT molecular complexity index is 594. The van der Waals surface area contributed by atoms with Gasteiger partial charge in [-0.1, -0.05) is 12.1 Å². The number of benzene rings is 1. The first-order valence-electron chi connectivity index (χ1n) is 6.12. The molecule has 0 saturated heterocycles. The lowest BCUT2D eigenvalue weighted by Gasteiger charge is -2.06. The molecule has 0 heterocycles. The number of ether oxygens (including phenoxy) is 1. The first-order chi connectivity index (χ1) is 9.84. The molecule has 0 unspecified atom stereocenters. The average molecular weight is 315 g/mol. The molecule has 0 aliphatic carbocycles. The van der Waals surface area contributed by atoms with E-state index in [1.165, 1.54) is 31.4 Å². The molecule has 0 aliphatic rings. The summed E-state index contributed by atoms with van der Waals surface area (Å²) in [6.07, 6.45) is 0. The number of hydrogen-bond acceptors (Lipinski definition) is 5. The molecule has 1 aromatic rings. The molecule has 1 amide bonds. The quantitative estimate of drug-likeness (QED) is 0.657. The molecule has 0 saturated carbocycles. The summed E-state index contributed by atoms with van der Waals surface area (Å²) in [5, 5.41) is 11.2. The van der Waals surface area contributed by atoms with Crippen molar-refractivity contribution in [1.29, 1.82) is 0 Å². The van der Waals surface area contributed by atoms with Crippen LogP contribution in [0, 0.1) is 0 Å². The van der Waals surface area contributed by atoms with Crippen molar-refractivity contribution in [2.24, 2.45) is 0 Å². The summed E-state index contributed by atoms with van der Waals surface area (Å²) in [6, 6.07) is 5.49. The normalized spacial score (nSPS) is 11.1. The maximum absolute atomic E-state index is 11.9. The van der Waals surface area contributed by atoms with Crippen molar-refractivity contribution in [2.75, 3.05) is 26.0 Å². The van der Waals surface area contributed by atoms with E-state index in [4.69, 9.17) is 9.84 Å². The highest BCUT2D eigenvalue weighted by Crippen LogP contribution is 2.09. The predicted molar refractivity (Wildman–Crippen MR) is 75.8 cm³/mol. The highest BCUT2D eigenvalue weighted by Gasteiger charge is 2.17. The van der Waals surface area contributed by atoms with E-state index < -0.39 is 27.5 Å². The molecule has 0 aliphatic heterocycles. The average Bonchev–Trinajstić information content (AvgIpc) is 2.38. The summed E-state index contributed by atoms with van der Waals surface area (Å²) < 4.78 is 28.4. The van der Waals surface area contributed by atoms with Gasteiger partial charge >= 0.3 is 5.97 Å². The maximum Gasteiger partial charge on any atom is 0.335 e. The zero-order chi connectivity index (χ0) is 15.9. The van der Waals surface area contributed by atoms with Crippen LogP contribution in [0.15, 0.2) is 24.3 Å². The number of carbonyl (C=O) groups excluding carboxylic acids is 1. The highest BCUT2D eigenvalue weighted by molar-refractivity contribution is 7.91. The Labute approximate surface area is 122 Å². The van der Waals surface area contributed by atoms with Crippen LogP contribution in [0.25, 0.3) is 0 Å². The summed E-state index contributed by atoms with van der Waals surface area (Å²) in [6.45, 7) is 0.556. The molecule has 0 aromatic heterocycles. The van der Waals surface area contributed by atoms with Gasteiger partial charge in [-0.15, -0.1) is 0 Å². The fraction of sp³-hybridized carbons (Fsp3) is 0.385. The molecule has 21 heavy (non-hydrogen) atoms. The van der Waals surface area contributed by atoms with Crippen LogP contribution >= 0.6 is 0 Å². The van der Waals surface area contributed by atoms with Crippen LogP contribution in [0.5, 0.6) is 0 Å². The minimum Gasteiger partial charge on any atom is -0.478 e. The molecule has 7 nitrogen and oxygen atoms in total. The third-order valence-electron chi connectivity index (χ3n) is 2.57. The summed E-state index contributed by atoms with van der Waals surface area (Å²) >= 11 is 0. The van der Waals surface area contributed by atoms with Gasteiger partial charge in [0, 0.05) is 13.7 Å². The van der Waals surface area contributed by atoms with Crippen LogP contribution in [-0.4, -0.2) is 51.4 Å². The lowest BCUT2D eigenvalue weighted by Crippen LogP contribution is -2.33. The van der Waals surface area contributed by atoms with Crippen molar-refractivity contribution in [3.63, 3.8) is 0 Å². The van der Waals surface area contributed by atoms with Gasteiger partial charge in [0.05, 0.1) is 17.9 Å². The molecular formula is C13H17NO6S. The van der Waals surface area contributed by atoms with Crippen LogP contribution in [-0.2, 0) is 25.1 Å². The molecular weight excluding hydrogens is 298 g/mol. The van der Waals surface area contributed by atoms with Gasteiger partial charge in [0.15, 0.2) is 9.84 Å². The van der Waals surface area contributed by atoms with Crippen LogP contribution in [0.2, 0.25) is 0 Å². The van der Waals surface area contributed by atoms with E-state index >= 15 is 0 Å². The standard InChI is InChI=1S/C13H17NO6S/c1-20-7-6-14-12(15)9-21(18,19)8-10-2-4-11(5-3-10)13(16)17/h2-5H,6-9H2,1H3,(H,14,15)(H,16,17). The summed E-state index contributed by atoms with van der Waals surface area (Å²) in [7, 11) is -2.13. The second kappa shape index (κ2) is 7.75. The number of sulfone groups is 1. The summed E-state index contributed by atoms with van der Waals surface area (Å²) in [4.78, 5) is 22.1. The minimum absolute atomic E-state index is 0.0773. The van der Waals surface area contributed by atoms with Gasteiger partial charge in [-0.25, -0.2) is 13.2 Å². The summed E-state index contributed by atoms with van der Waals surface area (Å²) in [5.41, 5.74) is 0.512. The first kappa shape index (κ1) is 17.1. The monoisotopic (exact) mass is 315 g/mol. The van der Waals surface area contributed by atoms with Crippen LogP contribution < -0.4 is 5.32 Å². The van der Waals surface area contributed by atoms with Crippen molar-refractivity contribution >= 4 is 21.7 Å². The third-order valence-corrected chi connectivity index (χ3v) is 4.04. The Morgan fingerprint density at radius 3 is 2.38 bits per heavy atom. The number of amides is 1. The number of aromatic carboxylic acids is 1. The number of carboxylic acid groups (broad SMARTS) is 1. The van der Waals surface area contributed by atoms with Gasteiger partial charge in [-0.05, 0) is 17.7 Å². The van der Waals surface area contributed by atoms with E-state index in [0.717, 1.165) is 0 Å². The smallest absolute Gasteiger partial charge is 0.335 e. The molecule has 0 spiro atoms. The van der Waals surface area contributed by atoms with Gasteiger partial charge < -0.3 is 15.2 Å². The SMILES string of the molecule is COCCNC(=O)CS(=O)(=O)Cc1ccc(C(=O)O)cc1. The second-order valence-electron chi connectivity index (χ2n) is 4.38. The fourth-order valence-electron chi connectivity index (χ4n) is 1.59. The minimum atomic E-state index is -3.60. The van der Waals surface area contributed by atoms with E-state index in [1.54, 1.807) is 0 Å². The first-order valence-corrected chi connectivity index (χ1v) is 7.94. The van der Waals surface area contributed by atoms with Gasteiger partial charge in [-0.2, -0.15) is 0 Å². The number of nitrogens with one attached hydrogen (secondary N) is 1. The van der Waals surface area contributed by atoms with E-state index in [9.17, 15) is 18.0 Å². The topological polar surface area (TPSA) is 110 Å². The molecule has 1 aromatic carbocycles. The zero-order valence-corrected chi connectivity index (χ0v) is 12.4. The van der Waals surface area contributed by atoms with Gasteiger partial charge in [0.25, 0.3) is 0 Å². The van der Waals surface area contributed by atoms with Crippen molar-refractivity contribution in [3.8, 4) is 0 Å². The van der Waals surface area contributed by atoms with Gasteiger partial charge in [0.2, 0.25) is 5.91 Å². The molecule has 0 atom stereocenters. The number of rotatable bonds is 8. The molecule has 8 heteroatoms. The number of hydrogen-bond donors (Lipinski definition) is 2. The Hall–Kier alpha value is -1.93. The van der Waals surface area contributed by atoms with Crippen molar-refractivity contribution < 1.29 is 27.9 Å². The van der Waals surface area contributed by atoms with E-state index in [2.05, 4.69) is 5.32 Å². The molecule has 2 N–H and O–H groups in total. The van der Waals surface area contributed by atoms with Crippen molar-refractivity contribution in [3.05, 3.63) is 35.4 Å². The molecule has 0 fully saturated rings. The largest absolute Gasteiger partial charge is 0.478 e. The van der Waals surface area contributed by atoms with Crippen molar-refractivity contribution in [2.45, 2.75) is 5.75 Å². The van der Waals surface area contributed by atoms with Crippen molar-refractivity contribution in [1.82, 2.24) is 5.32 Å². The highest BCUT2D eigenvalue weighted by atomic mass is 32.2. The van der Waals surface area contributed by atoms with Crippen LogP contribution in [0.4, 0.5) is 0 Å². The van der Waals surface area contributed by atoms with E-state index in [1.807, 2.05) is 0 Å². The number of carboxylic acids is 1. The van der Waals surface area contributed by atoms with Crippen LogP contribution in [0.3, 0.4) is 0 Å². The number of methoxy groups -OCH3 is 1. The Morgan fingerprint density at radius 1 is 1.24 bits per heavy atom. The molecule has 0 bridgehead atoms. The fourth-order valence-corrected chi connectivity index (χ4v) is 2.90. The Morgan fingerprint density at radius 2 is 1.86 bits per heavy atom. The Kier molecular flexibility index (Phi) is 6.32. The lowest BCUT2D eigenvalue weighted by molar-refractivity contribution is -0.118. The van der Waals surface area contributed by atoms with Crippen LogP contribution in [0.1, 0.15) is 15.9 Å². The maximum atomic E-state index is 11.9.